The van der Waals surface area contributed by atoms with E-state index in [0.717, 1.165) is 26.6 Å². The molecule has 0 unspecified atom stereocenters. The largest absolute Gasteiger partial charge is 0.350 e. The predicted octanol–water partition coefficient (Wildman–Crippen LogP) is 6.05. The predicted molar refractivity (Wildman–Crippen MR) is 176 cm³/mol. The first-order valence-electron chi connectivity index (χ1n) is 14.7. The van der Waals surface area contributed by atoms with E-state index in [4.69, 9.17) is 0 Å². The van der Waals surface area contributed by atoms with Gasteiger partial charge in [0, 0.05) is 18.5 Å². The fourth-order valence-electron chi connectivity index (χ4n) is 4.86. The molecule has 2 amide bonds. The van der Waals surface area contributed by atoms with Crippen LogP contribution in [0.5, 0.6) is 0 Å². The molecule has 8 heteroatoms. The fourth-order valence-corrected chi connectivity index (χ4v) is 6.27. The van der Waals surface area contributed by atoms with E-state index < -0.39 is 34.1 Å². The van der Waals surface area contributed by atoms with Gasteiger partial charge in [-0.05, 0) is 70.0 Å². The van der Waals surface area contributed by atoms with Crippen molar-refractivity contribution >= 4 is 27.5 Å². The first-order chi connectivity index (χ1) is 20.8. The Balaban J connectivity index is 1.79. The van der Waals surface area contributed by atoms with E-state index in [0.29, 0.717) is 5.69 Å². The van der Waals surface area contributed by atoms with E-state index in [9.17, 15) is 18.0 Å². The van der Waals surface area contributed by atoms with Crippen LogP contribution in [0.2, 0.25) is 0 Å². The fraction of sp³-hybridized carbons (Fsp3) is 0.278. The lowest BCUT2D eigenvalue weighted by atomic mass is 10.0. The van der Waals surface area contributed by atoms with Gasteiger partial charge in [-0.1, -0.05) is 96.1 Å². The van der Waals surface area contributed by atoms with Gasteiger partial charge >= 0.3 is 0 Å². The van der Waals surface area contributed by atoms with Crippen LogP contribution in [0.1, 0.15) is 43.0 Å². The Morgan fingerprint density at radius 3 is 1.80 bits per heavy atom. The zero-order valence-corrected chi connectivity index (χ0v) is 26.8. The maximum Gasteiger partial charge on any atom is 0.264 e. The molecule has 0 saturated carbocycles. The molecule has 0 fully saturated rings. The van der Waals surface area contributed by atoms with Crippen LogP contribution in [-0.4, -0.2) is 43.3 Å². The van der Waals surface area contributed by atoms with Gasteiger partial charge < -0.3 is 10.2 Å². The molecule has 0 radical (unpaired) electrons. The molecule has 7 nitrogen and oxygen atoms in total. The number of hydrogen-bond acceptors (Lipinski definition) is 4. The highest BCUT2D eigenvalue weighted by molar-refractivity contribution is 7.92. The summed E-state index contributed by atoms with van der Waals surface area (Å²) in [5.74, 6) is -0.801. The summed E-state index contributed by atoms with van der Waals surface area (Å²) in [7, 11) is -4.13. The molecule has 44 heavy (non-hydrogen) atoms. The molecule has 0 heterocycles. The molecular formula is C36H41N3O4S. The van der Waals surface area contributed by atoms with Crippen molar-refractivity contribution in [2.24, 2.45) is 0 Å². The van der Waals surface area contributed by atoms with Gasteiger partial charge in [0.2, 0.25) is 11.8 Å². The minimum atomic E-state index is -4.13. The van der Waals surface area contributed by atoms with E-state index in [1.165, 1.54) is 4.90 Å². The maximum atomic E-state index is 14.5. The van der Waals surface area contributed by atoms with E-state index in [1.807, 2.05) is 89.2 Å². The molecule has 230 valence electrons. The molecule has 0 spiro atoms. The number of carbonyl (C=O) groups is 2. The van der Waals surface area contributed by atoms with Crippen LogP contribution in [0, 0.1) is 13.8 Å². The van der Waals surface area contributed by atoms with Gasteiger partial charge in [0.15, 0.2) is 0 Å². The van der Waals surface area contributed by atoms with Crippen molar-refractivity contribution in [3.8, 4) is 0 Å². The van der Waals surface area contributed by atoms with E-state index >= 15 is 0 Å². The van der Waals surface area contributed by atoms with Crippen molar-refractivity contribution in [2.75, 3.05) is 10.8 Å². The smallest absolute Gasteiger partial charge is 0.264 e. The zero-order chi connectivity index (χ0) is 31.9. The van der Waals surface area contributed by atoms with Crippen molar-refractivity contribution in [1.29, 1.82) is 0 Å². The van der Waals surface area contributed by atoms with Gasteiger partial charge in [-0.3, -0.25) is 13.9 Å². The summed E-state index contributed by atoms with van der Waals surface area (Å²) >= 11 is 0. The molecule has 0 aliphatic heterocycles. The molecular weight excluding hydrogens is 570 g/mol. The summed E-state index contributed by atoms with van der Waals surface area (Å²) in [6, 6.07) is 31.5. The molecule has 4 aromatic carbocycles. The first kappa shape index (κ1) is 32.5. The van der Waals surface area contributed by atoms with Crippen molar-refractivity contribution in [3.05, 3.63) is 131 Å². The second kappa shape index (κ2) is 13.9. The molecule has 4 rings (SSSR count). The molecule has 0 saturated heterocycles. The molecule has 0 aliphatic rings. The van der Waals surface area contributed by atoms with E-state index in [1.54, 1.807) is 54.6 Å². The molecule has 0 bridgehead atoms. The van der Waals surface area contributed by atoms with Crippen LogP contribution < -0.4 is 9.62 Å². The third-order valence-electron chi connectivity index (χ3n) is 7.17. The van der Waals surface area contributed by atoms with Crippen LogP contribution in [0.15, 0.2) is 114 Å². The van der Waals surface area contributed by atoms with Crippen molar-refractivity contribution < 1.29 is 18.0 Å². The highest BCUT2D eigenvalue weighted by Crippen LogP contribution is 2.25. The summed E-state index contributed by atoms with van der Waals surface area (Å²) in [4.78, 5) is 30.0. The number of anilines is 1. The first-order valence-corrected chi connectivity index (χ1v) is 16.1. The lowest BCUT2D eigenvalue weighted by Crippen LogP contribution is -2.56. The molecule has 1 N–H and O–H groups in total. The summed E-state index contributed by atoms with van der Waals surface area (Å²) in [5.41, 5.74) is 3.51. The number of carbonyl (C=O) groups excluding carboxylic acids is 2. The van der Waals surface area contributed by atoms with Crippen LogP contribution in [0.3, 0.4) is 0 Å². The topological polar surface area (TPSA) is 86.8 Å². The Hall–Kier alpha value is -4.43. The van der Waals surface area contributed by atoms with Crippen molar-refractivity contribution in [3.63, 3.8) is 0 Å². The van der Waals surface area contributed by atoms with Gasteiger partial charge in [-0.25, -0.2) is 8.42 Å². The van der Waals surface area contributed by atoms with Gasteiger partial charge in [-0.15, -0.1) is 0 Å². The number of nitrogens with zero attached hydrogens (tertiary/aromatic N) is 2. The minimum Gasteiger partial charge on any atom is -0.350 e. The van der Waals surface area contributed by atoms with Crippen LogP contribution in [0.4, 0.5) is 5.69 Å². The summed E-state index contributed by atoms with van der Waals surface area (Å²) in [5, 5.41) is 3.05. The highest BCUT2D eigenvalue weighted by atomic mass is 32.2. The number of aryl methyl sites for hydroxylation is 2. The standard InChI is InChI=1S/C36H41N3O4S/c1-27-16-20-30(21-17-27)25-38(33(35(41)37-36(3,4)5)24-29-12-8-6-9-13-29)34(40)26-39(31-14-10-7-11-15-31)44(42,43)32-22-18-28(2)19-23-32/h6-23,33H,24-26H2,1-5H3,(H,37,41)/t33-/m0/s1. The van der Waals surface area contributed by atoms with Gasteiger partial charge in [0.25, 0.3) is 10.0 Å². The van der Waals surface area contributed by atoms with Crippen LogP contribution in [0.25, 0.3) is 0 Å². The third-order valence-corrected chi connectivity index (χ3v) is 8.96. The van der Waals surface area contributed by atoms with E-state index in [-0.39, 0.29) is 23.8 Å². The summed E-state index contributed by atoms with van der Waals surface area (Å²) in [6.45, 7) is 9.18. The third kappa shape index (κ3) is 8.57. The molecule has 0 aliphatic carbocycles. The SMILES string of the molecule is Cc1ccc(CN(C(=O)CN(c2ccccc2)S(=O)(=O)c2ccc(C)cc2)[C@@H](Cc2ccccc2)C(=O)NC(C)(C)C)cc1. The second-order valence-electron chi connectivity index (χ2n) is 12.1. The Kier molecular flexibility index (Phi) is 10.3. The average molecular weight is 612 g/mol. The molecule has 4 aromatic rings. The van der Waals surface area contributed by atoms with Crippen LogP contribution >= 0.6 is 0 Å². The Morgan fingerprint density at radius 1 is 0.727 bits per heavy atom. The second-order valence-corrected chi connectivity index (χ2v) is 14.0. The molecule has 1 atom stereocenters. The van der Waals surface area contributed by atoms with Gasteiger partial charge in [0.1, 0.15) is 12.6 Å². The van der Waals surface area contributed by atoms with E-state index in [2.05, 4.69) is 5.32 Å². The quantitative estimate of drug-likeness (QED) is 0.224. The number of amides is 2. The Morgan fingerprint density at radius 2 is 1.25 bits per heavy atom. The zero-order valence-electron chi connectivity index (χ0n) is 26.0. The maximum absolute atomic E-state index is 14.5. The highest BCUT2D eigenvalue weighted by Gasteiger charge is 2.35. The van der Waals surface area contributed by atoms with Gasteiger partial charge in [0.05, 0.1) is 10.6 Å². The van der Waals surface area contributed by atoms with Crippen LogP contribution in [-0.2, 0) is 32.6 Å². The Bertz CT molecular complexity index is 1650. The minimum absolute atomic E-state index is 0.0798. The summed E-state index contributed by atoms with van der Waals surface area (Å²) < 4.78 is 29.2. The monoisotopic (exact) mass is 611 g/mol. The van der Waals surface area contributed by atoms with Crippen molar-refractivity contribution in [2.45, 2.75) is 64.1 Å². The Labute approximate surface area is 261 Å². The number of rotatable bonds is 11. The number of hydrogen-bond donors (Lipinski definition) is 1. The lowest BCUT2D eigenvalue weighted by molar-refractivity contribution is -0.140. The number of benzene rings is 4. The van der Waals surface area contributed by atoms with Gasteiger partial charge in [-0.2, -0.15) is 0 Å². The average Bonchev–Trinajstić information content (AvgIpc) is 2.98. The normalized spacial score (nSPS) is 12.3. The lowest BCUT2D eigenvalue weighted by Gasteiger charge is -2.35. The van der Waals surface area contributed by atoms with Crippen molar-refractivity contribution in [1.82, 2.24) is 10.2 Å². The number of para-hydroxylation sites is 1. The summed E-state index contributed by atoms with van der Waals surface area (Å²) in [6.07, 6.45) is 0.260. The number of nitrogens with one attached hydrogen (secondary N) is 1. The molecule has 0 aromatic heterocycles. The number of sulfonamides is 1.